The van der Waals surface area contributed by atoms with Crippen LogP contribution in [-0.2, 0) is 20.7 Å². The summed E-state index contributed by atoms with van der Waals surface area (Å²) in [5.41, 5.74) is 1.61. The average molecular weight is 554 g/mol. The summed E-state index contributed by atoms with van der Waals surface area (Å²) in [7, 11) is 1.34. The molecule has 0 aromatic heterocycles. The van der Waals surface area contributed by atoms with Crippen molar-refractivity contribution in [2.24, 2.45) is 46.3 Å². The average Bonchev–Trinajstić information content (AvgIpc) is 3.29. The number of ether oxygens (including phenoxy) is 1. The zero-order chi connectivity index (χ0) is 28.7. The zero-order valence-electron chi connectivity index (χ0n) is 25.0. The number of aliphatic hydroxyl groups excluding tert-OH is 1. The molecule has 0 bridgehead atoms. The van der Waals surface area contributed by atoms with Gasteiger partial charge in [0.1, 0.15) is 11.8 Å². The molecule has 0 heterocycles. The van der Waals surface area contributed by atoms with Gasteiger partial charge in [-0.25, -0.2) is 4.79 Å². The first-order valence-electron chi connectivity index (χ1n) is 15.9. The minimum absolute atomic E-state index is 0.0897. The van der Waals surface area contributed by atoms with Crippen LogP contribution in [0.5, 0.6) is 5.75 Å². The highest BCUT2D eigenvalue weighted by molar-refractivity contribution is 5.84. The Morgan fingerprint density at radius 2 is 1.70 bits per heavy atom. The van der Waals surface area contributed by atoms with E-state index >= 15 is 0 Å². The molecule has 1 amide bonds. The largest absolute Gasteiger partial charge is 0.508 e. The molecule has 0 unspecified atom stereocenters. The van der Waals surface area contributed by atoms with Crippen molar-refractivity contribution in [2.45, 2.75) is 110 Å². The number of carbonyl (C=O) groups excluding carboxylic acids is 2. The van der Waals surface area contributed by atoms with Gasteiger partial charge in [0.15, 0.2) is 0 Å². The standard InChI is InChI=1S/C34H51NO5/c1-21(5-14-31(38)35-30(32(39)40-4)19-22-6-9-24(36)10-7-22)27-12-13-28-26-11-8-23-20-25(37)15-17-33(23,2)29(26)16-18-34(27,28)3/h6-7,9-10,21,23,25-30,36-37H,5,8,11-20H2,1-4H3,(H,35,38)/t21-,23-,25-,26+,27-,28+,29+,30-,33+,34-/m1/s1. The van der Waals surface area contributed by atoms with E-state index in [1.54, 1.807) is 24.3 Å². The Kier molecular flexibility index (Phi) is 8.57. The highest BCUT2D eigenvalue weighted by Crippen LogP contribution is 2.68. The molecule has 10 atom stereocenters. The molecule has 0 spiro atoms. The van der Waals surface area contributed by atoms with E-state index in [-0.39, 0.29) is 17.8 Å². The lowest BCUT2D eigenvalue weighted by Crippen LogP contribution is -2.54. The van der Waals surface area contributed by atoms with Gasteiger partial charge < -0.3 is 20.3 Å². The number of phenols is 1. The third-order valence-corrected chi connectivity index (χ3v) is 12.4. The van der Waals surface area contributed by atoms with Crippen molar-refractivity contribution < 1.29 is 24.5 Å². The van der Waals surface area contributed by atoms with E-state index in [4.69, 9.17) is 4.74 Å². The Hall–Kier alpha value is -2.08. The molecule has 40 heavy (non-hydrogen) atoms. The van der Waals surface area contributed by atoms with Crippen LogP contribution in [0.2, 0.25) is 0 Å². The summed E-state index contributed by atoms with van der Waals surface area (Å²) in [6.07, 6.45) is 12.5. The fraction of sp³-hybridized carbons (Fsp3) is 0.765. The highest BCUT2D eigenvalue weighted by Gasteiger charge is 2.60. The molecular formula is C34H51NO5. The number of amides is 1. The fourth-order valence-corrected chi connectivity index (χ4v) is 10.2. The van der Waals surface area contributed by atoms with E-state index in [9.17, 15) is 19.8 Å². The SMILES string of the molecule is COC(=O)[C@@H](Cc1ccc(O)cc1)NC(=O)CC[C@@H](C)[C@H]1CC[C@H]2[C@@H]3CC[C@@H]4C[C@H](O)CC[C@]4(C)[C@H]3CC[C@]12C. The first kappa shape index (κ1) is 29.4. The number of phenolic OH excluding ortho intramolecular Hbond substituents is 1. The van der Waals surface area contributed by atoms with Crippen LogP contribution in [0.3, 0.4) is 0 Å². The van der Waals surface area contributed by atoms with Crippen molar-refractivity contribution in [3.63, 3.8) is 0 Å². The lowest BCUT2D eigenvalue weighted by atomic mass is 9.44. The predicted molar refractivity (Wildman–Crippen MR) is 155 cm³/mol. The Morgan fingerprint density at radius 1 is 1.00 bits per heavy atom. The quantitative estimate of drug-likeness (QED) is 0.342. The topological polar surface area (TPSA) is 95.9 Å². The molecule has 0 saturated heterocycles. The Bertz CT molecular complexity index is 1060. The molecule has 5 rings (SSSR count). The van der Waals surface area contributed by atoms with Crippen LogP contribution in [-0.4, -0.2) is 41.3 Å². The lowest BCUT2D eigenvalue weighted by Gasteiger charge is -2.61. The minimum Gasteiger partial charge on any atom is -0.508 e. The molecular weight excluding hydrogens is 502 g/mol. The number of fused-ring (bicyclic) bond motifs is 5. The fourth-order valence-electron chi connectivity index (χ4n) is 10.2. The number of methoxy groups -OCH3 is 1. The van der Waals surface area contributed by atoms with E-state index in [0.29, 0.717) is 41.4 Å². The van der Waals surface area contributed by atoms with Crippen LogP contribution in [0.1, 0.15) is 97.0 Å². The maximum absolute atomic E-state index is 13.0. The Labute approximate surface area is 240 Å². The van der Waals surface area contributed by atoms with Crippen LogP contribution in [0.15, 0.2) is 24.3 Å². The molecule has 6 nitrogen and oxygen atoms in total. The van der Waals surface area contributed by atoms with Crippen molar-refractivity contribution in [2.75, 3.05) is 7.11 Å². The number of benzene rings is 1. The van der Waals surface area contributed by atoms with Gasteiger partial charge in [-0.3, -0.25) is 4.79 Å². The van der Waals surface area contributed by atoms with Crippen LogP contribution in [0.4, 0.5) is 0 Å². The molecule has 1 aromatic carbocycles. The summed E-state index contributed by atoms with van der Waals surface area (Å²) < 4.78 is 4.96. The van der Waals surface area contributed by atoms with E-state index in [1.165, 1.54) is 52.1 Å². The molecule has 4 aliphatic rings. The first-order valence-corrected chi connectivity index (χ1v) is 15.9. The van der Waals surface area contributed by atoms with Gasteiger partial charge in [-0.05, 0) is 128 Å². The maximum atomic E-state index is 13.0. The number of hydrogen-bond acceptors (Lipinski definition) is 5. The van der Waals surface area contributed by atoms with Gasteiger partial charge >= 0.3 is 5.97 Å². The molecule has 4 fully saturated rings. The summed E-state index contributed by atoms with van der Waals surface area (Å²) >= 11 is 0. The third-order valence-electron chi connectivity index (χ3n) is 12.4. The first-order chi connectivity index (χ1) is 19.0. The summed E-state index contributed by atoms with van der Waals surface area (Å²) in [4.78, 5) is 25.4. The summed E-state index contributed by atoms with van der Waals surface area (Å²) in [6.45, 7) is 7.46. The number of aliphatic hydroxyl groups is 1. The van der Waals surface area contributed by atoms with Gasteiger partial charge in [0, 0.05) is 12.8 Å². The van der Waals surface area contributed by atoms with Crippen molar-refractivity contribution >= 4 is 11.9 Å². The second-order valence-corrected chi connectivity index (χ2v) is 14.3. The van der Waals surface area contributed by atoms with Gasteiger partial charge in [-0.2, -0.15) is 0 Å². The van der Waals surface area contributed by atoms with E-state index < -0.39 is 12.0 Å². The van der Waals surface area contributed by atoms with Crippen LogP contribution < -0.4 is 5.32 Å². The molecule has 3 N–H and O–H groups in total. The van der Waals surface area contributed by atoms with E-state index in [1.807, 2.05) is 0 Å². The van der Waals surface area contributed by atoms with E-state index in [2.05, 4.69) is 26.1 Å². The number of rotatable bonds is 8. The van der Waals surface area contributed by atoms with Gasteiger partial charge in [0.25, 0.3) is 0 Å². The number of esters is 1. The number of aromatic hydroxyl groups is 1. The van der Waals surface area contributed by atoms with Crippen LogP contribution in [0.25, 0.3) is 0 Å². The molecule has 6 heteroatoms. The monoisotopic (exact) mass is 553 g/mol. The van der Waals surface area contributed by atoms with Crippen molar-refractivity contribution in [1.29, 1.82) is 0 Å². The van der Waals surface area contributed by atoms with Crippen LogP contribution in [0, 0.1) is 46.3 Å². The zero-order valence-corrected chi connectivity index (χ0v) is 25.0. The second kappa shape index (κ2) is 11.7. The number of hydrogen-bond donors (Lipinski definition) is 3. The second-order valence-electron chi connectivity index (χ2n) is 14.3. The number of nitrogens with one attached hydrogen (secondary N) is 1. The Morgan fingerprint density at radius 3 is 2.42 bits per heavy atom. The molecule has 4 saturated carbocycles. The predicted octanol–water partition coefficient (Wildman–Crippen LogP) is 6.03. The summed E-state index contributed by atoms with van der Waals surface area (Å²) in [6, 6.07) is 5.95. The third kappa shape index (κ3) is 5.54. The molecule has 1 aromatic rings. The smallest absolute Gasteiger partial charge is 0.328 e. The van der Waals surface area contributed by atoms with Crippen molar-refractivity contribution in [3.05, 3.63) is 29.8 Å². The molecule has 4 aliphatic carbocycles. The summed E-state index contributed by atoms with van der Waals surface area (Å²) in [5.74, 6) is 3.82. The van der Waals surface area contributed by atoms with Gasteiger partial charge in [0.2, 0.25) is 5.91 Å². The highest BCUT2D eigenvalue weighted by atomic mass is 16.5. The molecule has 222 valence electrons. The van der Waals surface area contributed by atoms with Gasteiger partial charge in [-0.1, -0.05) is 32.9 Å². The summed E-state index contributed by atoms with van der Waals surface area (Å²) in [5, 5.41) is 22.8. The lowest BCUT2D eigenvalue weighted by molar-refractivity contribution is -0.145. The molecule has 0 radical (unpaired) electrons. The minimum atomic E-state index is -0.738. The van der Waals surface area contributed by atoms with E-state index in [0.717, 1.165) is 42.6 Å². The van der Waals surface area contributed by atoms with Crippen molar-refractivity contribution in [3.8, 4) is 5.75 Å². The van der Waals surface area contributed by atoms with Gasteiger partial charge in [0.05, 0.1) is 13.2 Å². The van der Waals surface area contributed by atoms with Crippen molar-refractivity contribution in [1.82, 2.24) is 5.32 Å². The Balaban J connectivity index is 1.18. The normalized spacial score (nSPS) is 38.3. The van der Waals surface area contributed by atoms with Gasteiger partial charge in [-0.15, -0.1) is 0 Å². The van der Waals surface area contributed by atoms with Crippen LogP contribution >= 0.6 is 0 Å². The molecule has 0 aliphatic heterocycles. The number of carbonyl (C=O) groups is 2. The maximum Gasteiger partial charge on any atom is 0.328 e.